The highest BCUT2D eigenvalue weighted by Gasteiger charge is 2.67. The lowest BCUT2D eigenvalue weighted by molar-refractivity contribution is -0.786. The molecule has 0 amide bonds. The van der Waals surface area contributed by atoms with Gasteiger partial charge >= 0.3 is 0 Å². The first-order valence-electron chi connectivity index (χ1n) is 22.0. The zero-order chi connectivity index (χ0) is 32.5. The standard InChI is InChI=1S/C43H61N2.C2H4O2/c1-26-2-28-3-27(1)14-40(13-26,15-28)38-25-44(42-19-32-7-33(20-42)9-34(8-32)21-42)39(41-16-29-4-30(17-41)6-31(5-29)18-41)45(38)43-22-35-10-36(23-43)12-37(11-35)24-43;1-2(3)4/h25-37H,1-24H2;1H3,(H,3,4)/q+1;/p-1. The fraction of sp³-hybridized carbons (Fsp3) is 0.911. The SMILES string of the molecule is CC(=O)[O-].c1c(C23CC4CC(CC(C4)C2)C3)n(C23CC4CC(CC(C4)C2)C3)c(C23CC4CC(CC(C4)C2)C3)[n+]1C12CC3CC(CC(C3)C1)C2. The van der Waals surface area contributed by atoms with Gasteiger partial charge in [0.1, 0.15) is 23.0 Å². The lowest BCUT2D eigenvalue weighted by Crippen LogP contribution is -2.69. The number of aliphatic carboxylic acids is 1. The molecule has 0 spiro atoms. The van der Waals surface area contributed by atoms with E-state index in [4.69, 9.17) is 9.90 Å². The van der Waals surface area contributed by atoms with E-state index >= 15 is 0 Å². The van der Waals surface area contributed by atoms with Crippen LogP contribution in [-0.4, -0.2) is 10.5 Å². The molecule has 16 bridgehead atoms. The van der Waals surface area contributed by atoms with Gasteiger partial charge in [0.2, 0.25) is 0 Å². The van der Waals surface area contributed by atoms with Crippen molar-refractivity contribution >= 4 is 5.97 Å². The minimum Gasteiger partial charge on any atom is -0.550 e. The monoisotopic (exact) mass is 664 g/mol. The number of hydrogen-bond donors (Lipinski definition) is 0. The van der Waals surface area contributed by atoms with Gasteiger partial charge in [-0.3, -0.25) is 0 Å². The van der Waals surface area contributed by atoms with Crippen LogP contribution in [-0.2, 0) is 26.7 Å². The molecule has 1 aromatic rings. The van der Waals surface area contributed by atoms with Gasteiger partial charge in [-0.05, 0) is 232 Å². The smallest absolute Gasteiger partial charge is 0.263 e. The highest BCUT2D eigenvalue weighted by molar-refractivity contribution is 5.60. The maximum Gasteiger partial charge on any atom is 0.263 e. The predicted molar refractivity (Wildman–Crippen MR) is 187 cm³/mol. The normalized spacial score (nSPS) is 56.0. The summed E-state index contributed by atoms with van der Waals surface area (Å²) in [4.78, 5) is 8.89. The van der Waals surface area contributed by atoms with E-state index in [9.17, 15) is 0 Å². The predicted octanol–water partition coefficient (Wildman–Crippen LogP) is 8.32. The number of carbonyl (C=O) groups excluding carboxylic acids is 1. The number of imidazole rings is 1. The molecule has 16 aliphatic carbocycles. The first-order valence-corrected chi connectivity index (χ1v) is 22.0. The summed E-state index contributed by atoms with van der Waals surface area (Å²) in [6.45, 7) is 0.972. The Morgan fingerprint density at radius 3 is 1.16 bits per heavy atom. The molecule has 49 heavy (non-hydrogen) atoms. The van der Waals surface area contributed by atoms with E-state index < -0.39 is 5.97 Å². The number of nitrogens with zero attached hydrogens (tertiary/aromatic N) is 2. The van der Waals surface area contributed by atoms with Crippen molar-refractivity contribution in [2.75, 3.05) is 0 Å². The van der Waals surface area contributed by atoms with E-state index in [-0.39, 0.29) is 0 Å². The maximum absolute atomic E-state index is 8.89. The van der Waals surface area contributed by atoms with Crippen molar-refractivity contribution in [2.45, 2.75) is 183 Å². The summed E-state index contributed by atoms with van der Waals surface area (Å²) in [5.74, 6) is 13.5. The van der Waals surface area contributed by atoms with Crippen molar-refractivity contribution in [1.82, 2.24) is 4.57 Å². The number of rotatable bonds is 4. The van der Waals surface area contributed by atoms with Crippen LogP contribution in [0.25, 0.3) is 0 Å². The van der Waals surface area contributed by atoms with Gasteiger partial charge in [0.25, 0.3) is 5.82 Å². The lowest BCUT2D eigenvalue weighted by Gasteiger charge is -2.60. The van der Waals surface area contributed by atoms with E-state index in [1.54, 1.807) is 154 Å². The fourth-order valence-corrected chi connectivity index (χ4v) is 19.7. The van der Waals surface area contributed by atoms with Gasteiger partial charge in [-0.25, -0.2) is 9.13 Å². The molecule has 0 aromatic carbocycles. The third kappa shape index (κ3) is 4.33. The molecular formula is C45H64N2O2. The van der Waals surface area contributed by atoms with Gasteiger partial charge in [-0.1, -0.05) is 0 Å². The van der Waals surface area contributed by atoms with E-state index in [1.165, 1.54) is 0 Å². The van der Waals surface area contributed by atoms with Crippen molar-refractivity contribution in [3.63, 3.8) is 0 Å². The zero-order valence-corrected chi connectivity index (χ0v) is 30.7. The van der Waals surface area contributed by atoms with Crippen molar-refractivity contribution in [2.24, 2.45) is 71.0 Å². The number of aromatic nitrogens is 2. The maximum atomic E-state index is 8.89. The number of carbonyl (C=O) groups is 1. The zero-order valence-electron chi connectivity index (χ0n) is 30.7. The highest BCUT2D eigenvalue weighted by atomic mass is 16.4. The minimum absolute atomic E-state index is 0.470. The van der Waals surface area contributed by atoms with Gasteiger partial charge in [0, 0.05) is 11.4 Å². The summed E-state index contributed by atoms with van der Waals surface area (Å²) in [5, 5.41) is 8.89. The van der Waals surface area contributed by atoms with Gasteiger partial charge in [0.15, 0.2) is 0 Å². The van der Waals surface area contributed by atoms with Crippen LogP contribution in [0, 0.1) is 71.0 Å². The van der Waals surface area contributed by atoms with Crippen LogP contribution in [0.4, 0.5) is 0 Å². The number of carboxylic acids is 1. The van der Waals surface area contributed by atoms with Crippen LogP contribution in [0.15, 0.2) is 6.20 Å². The summed E-state index contributed by atoms with van der Waals surface area (Å²) in [6, 6.07) is 0. The molecule has 0 unspecified atom stereocenters. The molecule has 17 rings (SSSR count). The molecule has 0 aliphatic heterocycles. The average Bonchev–Trinajstić information content (AvgIpc) is 3.44. The Morgan fingerprint density at radius 1 is 0.531 bits per heavy atom. The molecule has 0 N–H and O–H groups in total. The second kappa shape index (κ2) is 10.0. The number of hydrogen-bond acceptors (Lipinski definition) is 2. The van der Waals surface area contributed by atoms with Crippen LogP contribution >= 0.6 is 0 Å². The van der Waals surface area contributed by atoms with Crippen LogP contribution in [0.5, 0.6) is 0 Å². The summed E-state index contributed by atoms with van der Waals surface area (Å²) in [6.07, 6.45) is 40.9. The highest BCUT2D eigenvalue weighted by Crippen LogP contribution is 2.68. The van der Waals surface area contributed by atoms with E-state index in [1.807, 2.05) is 5.69 Å². The summed E-state index contributed by atoms with van der Waals surface area (Å²) >= 11 is 0. The van der Waals surface area contributed by atoms with E-state index in [0.29, 0.717) is 21.9 Å². The van der Waals surface area contributed by atoms with Crippen LogP contribution in [0.3, 0.4) is 0 Å². The quantitative estimate of drug-likeness (QED) is 0.304. The molecule has 16 aliphatic rings. The molecule has 16 saturated carbocycles. The first kappa shape index (κ1) is 30.2. The first-order chi connectivity index (χ1) is 23.6. The second-order valence-corrected chi connectivity index (χ2v) is 22.7. The van der Waals surface area contributed by atoms with Crippen molar-refractivity contribution in [1.29, 1.82) is 0 Å². The molecule has 0 radical (unpaired) electrons. The third-order valence-electron chi connectivity index (χ3n) is 19.0. The summed E-state index contributed by atoms with van der Waals surface area (Å²) < 4.78 is 6.84. The number of carboxylic acid groups (broad SMARTS) is 1. The minimum atomic E-state index is -1.08. The van der Waals surface area contributed by atoms with Gasteiger partial charge < -0.3 is 9.90 Å². The van der Waals surface area contributed by atoms with Gasteiger partial charge in [-0.2, -0.15) is 0 Å². The molecule has 1 aromatic heterocycles. The Morgan fingerprint density at radius 2 is 0.816 bits per heavy atom. The van der Waals surface area contributed by atoms with Crippen LogP contribution in [0.1, 0.15) is 173 Å². The average molecular weight is 665 g/mol. The van der Waals surface area contributed by atoms with Crippen molar-refractivity contribution < 1.29 is 14.5 Å². The van der Waals surface area contributed by atoms with E-state index in [0.717, 1.165) is 77.9 Å². The summed E-state index contributed by atoms with van der Waals surface area (Å²) in [7, 11) is 0. The second-order valence-electron chi connectivity index (χ2n) is 22.7. The Balaban J connectivity index is 0.000000661. The molecule has 16 fully saturated rings. The molecule has 0 atom stereocenters. The third-order valence-corrected chi connectivity index (χ3v) is 19.0. The molecule has 1 heterocycles. The molecule has 0 saturated heterocycles. The molecule has 4 heteroatoms. The summed E-state index contributed by atoms with van der Waals surface area (Å²) in [5.41, 5.74) is 3.97. The lowest BCUT2D eigenvalue weighted by atomic mass is 9.47. The molecule has 266 valence electrons. The fourth-order valence-electron chi connectivity index (χ4n) is 19.7. The van der Waals surface area contributed by atoms with E-state index in [2.05, 4.69) is 21.2 Å². The Bertz CT molecular complexity index is 1310. The van der Waals surface area contributed by atoms with Crippen molar-refractivity contribution in [3.05, 3.63) is 17.7 Å². The molecular weight excluding hydrogens is 601 g/mol. The van der Waals surface area contributed by atoms with Crippen LogP contribution in [0.2, 0.25) is 0 Å². The Labute approximate surface area is 295 Å². The van der Waals surface area contributed by atoms with Gasteiger partial charge in [0.05, 0.1) is 5.41 Å². The Hall–Kier alpha value is -1.32. The largest absolute Gasteiger partial charge is 0.550 e. The van der Waals surface area contributed by atoms with Crippen LogP contribution < -0.4 is 9.67 Å². The molecule has 4 nitrogen and oxygen atoms in total. The van der Waals surface area contributed by atoms with Crippen molar-refractivity contribution in [3.8, 4) is 0 Å². The topological polar surface area (TPSA) is 48.9 Å². The van der Waals surface area contributed by atoms with Gasteiger partial charge in [-0.15, -0.1) is 0 Å². The Kier molecular flexibility index (Phi) is 6.16.